The number of thioether (sulfide) groups is 1. The van der Waals surface area contributed by atoms with Crippen LogP contribution in [0.15, 0.2) is 16.9 Å². The number of fused-ring (bicyclic) bond motifs is 1. The fourth-order valence-corrected chi connectivity index (χ4v) is 6.05. The SMILES string of the molecule is CCO/N=C(\C(=O)N[C@@]1(C=S)C(=O)N2C(C(=O)O)=C(c3cc(N)nc(=N)n3C)CS[C@@H]21)c1nsc(N)n1. The van der Waals surface area contributed by atoms with E-state index < -0.39 is 28.7 Å². The van der Waals surface area contributed by atoms with Gasteiger partial charge in [-0.1, -0.05) is 17.4 Å². The second-order valence-electron chi connectivity index (χ2n) is 7.67. The predicted molar refractivity (Wildman–Crippen MR) is 138 cm³/mol. The number of oxime groups is 1. The molecule has 194 valence electrons. The lowest BCUT2D eigenvalue weighted by Crippen LogP contribution is -2.80. The van der Waals surface area contributed by atoms with Gasteiger partial charge in [0.1, 0.15) is 23.5 Å². The highest BCUT2D eigenvalue weighted by atomic mass is 32.2. The number of aliphatic carboxylic acids is 1. The van der Waals surface area contributed by atoms with Gasteiger partial charge in [-0.25, -0.2) is 4.79 Å². The van der Waals surface area contributed by atoms with Crippen LogP contribution in [0.2, 0.25) is 0 Å². The quantitative estimate of drug-likeness (QED) is 0.112. The molecule has 37 heavy (non-hydrogen) atoms. The van der Waals surface area contributed by atoms with E-state index in [-0.39, 0.29) is 51.7 Å². The molecule has 4 heterocycles. The number of rotatable bonds is 8. The van der Waals surface area contributed by atoms with Crippen molar-refractivity contribution in [2.24, 2.45) is 12.2 Å². The number of nitrogen functional groups attached to an aromatic ring is 2. The number of anilines is 2. The molecule has 2 aliphatic heterocycles. The molecule has 2 aliphatic rings. The van der Waals surface area contributed by atoms with Crippen LogP contribution in [-0.4, -0.2) is 81.1 Å². The number of nitrogens with two attached hydrogens (primary N) is 2. The summed E-state index contributed by atoms with van der Waals surface area (Å²) in [5.74, 6) is -2.97. The molecule has 0 spiro atoms. The lowest BCUT2D eigenvalue weighted by molar-refractivity contribution is -0.153. The van der Waals surface area contributed by atoms with E-state index in [1.54, 1.807) is 6.92 Å². The highest BCUT2D eigenvalue weighted by molar-refractivity contribution is 8.00. The highest BCUT2D eigenvalue weighted by Crippen LogP contribution is 2.47. The Bertz CT molecular complexity index is 1450. The highest BCUT2D eigenvalue weighted by Gasteiger charge is 2.65. The van der Waals surface area contributed by atoms with Crippen molar-refractivity contribution in [1.82, 2.24) is 29.1 Å². The van der Waals surface area contributed by atoms with Crippen LogP contribution < -0.4 is 22.4 Å². The molecule has 2 amide bonds. The van der Waals surface area contributed by atoms with Crippen LogP contribution >= 0.6 is 35.5 Å². The number of hydrogen-bond acceptors (Lipinski definition) is 14. The van der Waals surface area contributed by atoms with Crippen LogP contribution in [0, 0.1) is 5.41 Å². The van der Waals surface area contributed by atoms with Gasteiger partial charge in [0.05, 0.1) is 5.69 Å². The first-order valence-electron chi connectivity index (χ1n) is 10.4. The summed E-state index contributed by atoms with van der Waals surface area (Å²) in [4.78, 5) is 52.9. The largest absolute Gasteiger partial charge is 0.477 e. The molecule has 0 radical (unpaired) electrons. The Hall–Kier alpha value is -3.90. The van der Waals surface area contributed by atoms with Crippen molar-refractivity contribution in [1.29, 1.82) is 5.41 Å². The third kappa shape index (κ3) is 4.31. The average molecular weight is 565 g/mol. The summed E-state index contributed by atoms with van der Waals surface area (Å²) < 4.78 is 5.33. The van der Waals surface area contributed by atoms with Gasteiger partial charge in [-0.05, 0) is 6.92 Å². The summed E-state index contributed by atoms with van der Waals surface area (Å²) in [6.07, 6.45) is 0. The lowest BCUT2D eigenvalue weighted by atomic mass is 9.87. The van der Waals surface area contributed by atoms with Gasteiger partial charge in [0.15, 0.2) is 10.7 Å². The number of amides is 2. The van der Waals surface area contributed by atoms with Gasteiger partial charge in [0.25, 0.3) is 11.8 Å². The van der Waals surface area contributed by atoms with E-state index in [1.807, 2.05) is 0 Å². The normalized spacial score (nSPS) is 21.2. The molecule has 0 unspecified atom stereocenters. The molecule has 1 fully saturated rings. The molecule has 1 saturated heterocycles. The number of nitrogens with zero attached hydrogens (tertiary/aromatic N) is 6. The molecule has 15 nitrogen and oxygen atoms in total. The van der Waals surface area contributed by atoms with Gasteiger partial charge in [-0.2, -0.15) is 14.3 Å². The summed E-state index contributed by atoms with van der Waals surface area (Å²) in [7, 11) is 1.53. The maximum atomic E-state index is 13.5. The Balaban J connectivity index is 1.72. The number of hydrogen-bond donors (Lipinski definition) is 5. The smallest absolute Gasteiger partial charge is 0.353 e. The minimum Gasteiger partial charge on any atom is -0.477 e. The van der Waals surface area contributed by atoms with Crippen LogP contribution in [0.5, 0.6) is 0 Å². The summed E-state index contributed by atoms with van der Waals surface area (Å²) in [5, 5.41) is 24.7. The number of thiocarbonyl (C=S) groups is 1. The second-order valence-corrected chi connectivity index (χ2v) is 9.76. The zero-order valence-corrected chi connectivity index (χ0v) is 21.7. The topological polar surface area (TPSA) is 228 Å². The van der Waals surface area contributed by atoms with Crippen molar-refractivity contribution in [2.45, 2.75) is 17.8 Å². The number of carboxylic acids is 1. The molecule has 4 rings (SSSR count). The van der Waals surface area contributed by atoms with Gasteiger partial charge >= 0.3 is 5.97 Å². The van der Waals surface area contributed by atoms with Gasteiger partial charge in [-0.3, -0.25) is 19.9 Å². The number of carbonyl (C=O) groups excluding carboxylic acids is 2. The number of aromatic nitrogens is 4. The first kappa shape index (κ1) is 26.2. The first-order valence-corrected chi connectivity index (χ1v) is 12.7. The molecule has 0 aromatic carbocycles. The standard InChI is InChI=1S/C19H20N10O5S3/c1-3-34-26-10(12-24-18(22)37-27-12)13(30)25-19(6-35)15(33)29-11(14(31)32)7(5-36-16(19)29)8-4-9(20)23-17(21)28(8)2/h4,6,16H,3,5H2,1-2H3,(H,25,30)(H,31,32)(H3,20,21,23)(H2,22,24,27)/b26-10-/t16-,19+/m1/s1. The molecule has 2 aromatic heterocycles. The van der Waals surface area contributed by atoms with E-state index in [0.717, 1.165) is 21.8 Å². The van der Waals surface area contributed by atoms with Crippen LogP contribution in [0.1, 0.15) is 18.4 Å². The van der Waals surface area contributed by atoms with E-state index >= 15 is 0 Å². The minimum absolute atomic E-state index is 0.0234. The Kier molecular flexibility index (Phi) is 6.98. The van der Waals surface area contributed by atoms with E-state index in [2.05, 4.69) is 24.8 Å². The fourth-order valence-electron chi connectivity index (χ4n) is 3.79. The van der Waals surface area contributed by atoms with Crippen molar-refractivity contribution < 1.29 is 24.3 Å². The van der Waals surface area contributed by atoms with Crippen LogP contribution in [0.3, 0.4) is 0 Å². The van der Waals surface area contributed by atoms with Crippen molar-refractivity contribution in [2.75, 3.05) is 23.8 Å². The van der Waals surface area contributed by atoms with Crippen LogP contribution in [0.4, 0.5) is 10.9 Å². The summed E-state index contributed by atoms with van der Waals surface area (Å²) >= 11 is 7.16. The van der Waals surface area contributed by atoms with E-state index in [1.165, 1.54) is 29.4 Å². The zero-order chi connectivity index (χ0) is 27.1. The molecule has 0 aliphatic carbocycles. The number of β-lactam (4-membered cyclic amide) rings is 1. The van der Waals surface area contributed by atoms with Gasteiger partial charge in [0, 0.05) is 41.3 Å². The molecule has 0 bridgehead atoms. The molecule has 0 saturated carbocycles. The Morgan fingerprint density at radius 3 is 2.78 bits per heavy atom. The minimum atomic E-state index is -1.72. The first-order chi connectivity index (χ1) is 17.5. The Morgan fingerprint density at radius 2 is 2.19 bits per heavy atom. The molecule has 2 atom stereocenters. The third-order valence-electron chi connectivity index (χ3n) is 5.48. The molecular weight excluding hydrogens is 544 g/mol. The summed E-state index contributed by atoms with van der Waals surface area (Å²) in [6, 6.07) is 1.43. The zero-order valence-electron chi connectivity index (χ0n) is 19.3. The van der Waals surface area contributed by atoms with Crippen molar-refractivity contribution in [3.8, 4) is 0 Å². The van der Waals surface area contributed by atoms with Crippen LogP contribution in [-0.2, 0) is 26.3 Å². The maximum Gasteiger partial charge on any atom is 0.353 e. The summed E-state index contributed by atoms with van der Waals surface area (Å²) in [6.45, 7) is 1.80. The van der Waals surface area contributed by atoms with Gasteiger partial charge in [0.2, 0.25) is 17.2 Å². The van der Waals surface area contributed by atoms with E-state index in [0.29, 0.717) is 5.69 Å². The van der Waals surface area contributed by atoms with Gasteiger partial charge < -0.3 is 31.3 Å². The van der Waals surface area contributed by atoms with Gasteiger partial charge in [-0.15, -0.1) is 11.8 Å². The second kappa shape index (κ2) is 9.87. The van der Waals surface area contributed by atoms with Crippen molar-refractivity contribution >= 4 is 80.9 Å². The van der Waals surface area contributed by atoms with Crippen LogP contribution in [0.25, 0.3) is 5.57 Å². The average Bonchev–Trinajstić information content (AvgIpc) is 3.29. The number of nitrogens with one attached hydrogen (secondary N) is 2. The maximum absolute atomic E-state index is 13.5. The third-order valence-corrected chi connectivity index (χ3v) is 7.75. The molecule has 2 aromatic rings. The number of carboxylic acid groups (broad SMARTS) is 1. The Morgan fingerprint density at radius 1 is 1.46 bits per heavy atom. The number of carbonyl (C=O) groups is 3. The molecule has 7 N–H and O–H groups in total. The van der Waals surface area contributed by atoms with E-state index in [4.69, 9.17) is 33.9 Å². The molecule has 18 heteroatoms. The fraction of sp³-hybridized carbons (Fsp3) is 0.316. The van der Waals surface area contributed by atoms with Crippen molar-refractivity contribution in [3.63, 3.8) is 0 Å². The monoisotopic (exact) mass is 564 g/mol. The summed E-state index contributed by atoms with van der Waals surface area (Å²) in [5.41, 5.74) is 9.44. The van der Waals surface area contributed by atoms with E-state index in [9.17, 15) is 19.5 Å². The lowest BCUT2D eigenvalue weighted by Gasteiger charge is -2.55. The Labute approximate surface area is 222 Å². The predicted octanol–water partition coefficient (Wildman–Crippen LogP) is -1.08. The molecular formula is C19H20N10O5S3. The van der Waals surface area contributed by atoms with Crippen molar-refractivity contribution in [3.05, 3.63) is 28.9 Å².